The lowest BCUT2D eigenvalue weighted by Gasteiger charge is -2.49. The Bertz CT molecular complexity index is 1320. The molecule has 1 aromatic carbocycles. The molecule has 2 fully saturated rings. The van der Waals surface area contributed by atoms with Gasteiger partial charge < -0.3 is 14.3 Å². The number of fused-ring (bicyclic) bond motifs is 1. The van der Waals surface area contributed by atoms with Gasteiger partial charge in [-0.25, -0.2) is 0 Å². The molecule has 1 saturated carbocycles. The second-order valence-corrected chi connectivity index (χ2v) is 10.2. The molecule has 6 nitrogen and oxygen atoms in total. The summed E-state index contributed by atoms with van der Waals surface area (Å²) in [4.78, 5) is 26.1. The van der Waals surface area contributed by atoms with Crippen LogP contribution in [0.5, 0.6) is 0 Å². The van der Waals surface area contributed by atoms with Crippen molar-refractivity contribution in [3.8, 4) is 0 Å². The Hall–Kier alpha value is -3.17. The fraction of sp³-hybridized carbons (Fsp3) is 0.483. The van der Waals surface area contributed by atoms with Gasteiger partial charge in [0.25, 0.3) is 11.4 Å². The number of rotatable bonds is 6. The summed E-state index contributed by atoms with van der Waals surface area (Å²) < 4.78 is 1.63. The summed E-state index contributed by atoms with van der Waals surface area (Å²) in [6, 6.07) is 15.5. The number of aromatic nitrogens is 2. The minimum Gasteiger partial charge on any atom is -0.362 e. The highest BCUT2D eigenvalue weighted by Gasteiger charge is 2.36. The molecule has 5 rings (SSSR count). The molecule has 0 spiro atoms. The third-order valence-corrected chi connectivity index (χ3v) is 8.12. The molecule has 0 N–H and O–H groups in total. The Labute approximate surface area is 208 Å². The molecule has 0 bridgehead atoms. The van der Waals surface area contributed by atoms with Crippen LogP contribution in [-0.4, -0.2) is 39.6 Å². The van der Waals surface area contributed by atoms with E-state index in [0.717, 1.165) is 48.6 Å². The Morgan fingerprint density at radius 3 is 2.40 bits per heavy atom. The van der Waals surface area contributed by atoms with Crippen molar-refractivity contribution >= 4 is 22.5 Å². The molecule has 1 unspecified atom stereocenters. The lowest BCUT2D eigenvalue weighted by atomic mass is 9.95. The minimum atomic E-state index is -0.0423. The molecule has 1 aliphatic carbocycles. The van der Waals surface area contributed by atoms with Crippen LogP contribution in [0.4, 0.5) is 11.5 Å². The zero-order valence-electron chi connectivity index (χ0n) is 21.2. The molecule has 3 atom stereocenters. The van der Waals surface area contributed by atoms with Crippen LogP contribution in [0.1, 0.15) is 69.5 Å². The maximum atomic E-state index is 12.9. The molecular weight excluding hydrogens is 434 g/mol. The van der Waals surface area contributed by atoms with Crippen LogP contribution >= 0.6 is 0 Å². The summed E-state index contributed by atoms with van der Waals surface area (Å²) in [6.07, 6.45) is 4.66. The first-order valence-electron chi connectivity index (χ1n) is 13.0. The maximum Gasteiger partial charge on any atom is 0.270 e. The molecule has 6 heteroatoms. The fourth-order valence-corrected chi connectivity index (χ4v) is 5.69. The van der Waals surface area contributed by atoms with Crippen LogP contribution in [0.25, 0.3) is 15.9 Å². The van der Waals surface area contributed by atoms with Gasteiger partial charge in [-0.05, 0) is 61.8 Å². The van der Waals surface area contributed by atoms with E-state index in [0.29, 0.717) is 17.9 Å². The highest BCUT2D eigenvalue weighted by Crippen LogP contribution is 2.41. The van der Waals surface area contributed by atoms with Crippen molar-refractivity contribution < 1.29 is 0 Å². The largest absolute Gasteiger partial charge is 0.362 e. The zero-order valence-corrected chi connectivity index (χ0v) is 21.2. The Balaban J connectivity index is 1.49. The quantitative estimate of drug-likeness (QED) is 0.428. The number of nitrogens with zero attached hydrogens (tertiary/aromatic N) is 5. The van der Waals surface area contributed by atoms with E-state index < -0.39 is 0 Å². The summed E-state index contributed by atoms with van der Waals surface area (Å²) in [6.45, 7) is 16.0. The first-order valence-corrected chi connectivity index (χ1v) is 13.0. The highest BCUT2D eigenvalue weighted by atomic mass is 16.1. The van der Waals surface area contributed by atoms with Crippen molar-refractivity contribution in [3.63, 3.8) is 0 Å². The third-order valence-electron chi connectivity index (χ3n) is 8.12. The summed E-state index contributed by atoms with van der Waals surface area (Å²) in [7, 11) is 1.77. The second kappa shape index (κ2) is 9.47. The molecule has 182 valence electrons. The third kappa shape index (κ3) is 4.34. The predicted molar refractivity (Wildman–Crippen MR) is 142 cm³/mol. The van der Waals surface area contributed by atoms with Gasteiger partial charge in [-0.3, -0.25) is 9.69 Å². The maximum absolute atomic E-state index is 12.9. The molecular formula is C29H35N5O. The van der Waals surface area contributed by atoms with E-state index in [2.05, 4.69) is 64.7 Å². The fourth-order valence-electron chi connectivity index (χ4n) is 5.69. The van der Waals surface area contributed by atoms with Crippen LogP contribution in [-0.2, 0) is 7.05 Å². The van der Waals surface area contributed by atoms with E-state index in [-0.39, 0.29) is 11.6 Å². The standard InChI is InChI=1S/C29H35N5O/c1-6-23-18-34(26-16-28(35)32(5)25-14-15-27(30-4)31-29(25)26)24(7-2)17-33(23)19(3)20-8-10-21(11-9-20)22-12-13-22/h8-11,14-16,19,22-24H,6-7,12-13,17-18H2,1-3,5H3/t19?,23-,24+/m1/s1. The number of pyridine rings is 2. The van der Waals surface area contributed by atoms with Gasteiger partial charge in [-0.2, -0.15) is 0 Å². The number of aryl methyl sites for hydroxylation is 1. The first-order chi connectivity index (χ1) is 16.9. The summed E-state index contributed by atoms with van der Waals surface area (Å²) in [5, 5.41) is 0. The van der Waals surface area contributed by atoms with Crippen molar-refractivity contribution in [1.82, 2.24) is 14.5 Å². The smallest absolute Gasteiger partial charge is 0.270 e. The molecule has 3 aromatic rings. The summed E-state index contributed by atoms with van der Waals surface area (Å²) in [5.41, 5.74) is 5.19. The molecule has 1 saturated heterocycles. The molecule has 2 aliphatic rings. The Morgan fingerprint density at radius 2 is 1.77 bits per heavy atom. The molecule has 0 radical (unpaired) electrons. The van der Waals surface area contributed by atoms with Gasteiger partial charge in [0, 0.05) is 44.3 Å². The van der Waals surface area contributed by atoms with Crippen LogP contribution in [0.15, 0.2) is 47.3 Å². The van der Waals surface area contributed by atoms with Crippen molar-refractivity contribution in [2.75, 3.05) is 18.0 Å². The van der Waals surface area contributed by atoms with E-state index in [4.69, 9.17) is 6.57 Å². The van der Waals surface area contributed by atoms with Crippen LogP contribution in [0.3, 0.4) is 0 Å². The highest BCUT2D eigenvalue weighted by molar-refractivity contribution is 5.89. The molecule has 0 amide bonds. The molecule has 35 heavy (non-hydrogen) atoms. The van der Waals surface area contributed by atoms with Crippen LogP contribution in [0.2, 0.25) is 0 Å². The van der Waals surface area contributed by atoms with Gasteiger partial charge in [0.2, 0.25) is 5.52 Å². The lowest BCUT2D eigenvalue weighted by Crippen LogP contribution is -2.58. The van der Waals surface area contributed by atoms with Gasteiger partial charge in [-0.1, -0.05) is 44.7 Å². The number of hydrogen-bond acceptors (Lipinski definition) is 4. The van der Waals surface area contributed by atoms with Gasteiger partial charge in [-0.15, -0.1) is 4.98 Å². The van der Waals surface area contributed by atoms with E-state index in [1.807, 2.05) is 6.07 Å². The van der Waals surface area contributed by atoms with Crippen LogP contribution < -0.4 is 10.5 Å². The normalized spacial score (nSPS) is 21.7. The number of piperazine rings is 1. The summed E-state index contributed by atoms with van der Waals surface area (Å²) >= 11 is 0. The van der Waals surface area contributed by atoms with Gasteiger partial charge in [0.05, 0.1) is 11.2 Å². The van der Waals surface area contributed by atoms with Crippen molar-refractivity contribution in [3.05, 3.63) is 75.4 Å². The Kier molecular flexibility index (Phi) is 6.37. The van der Waals surface area contributed by atoms with Gasteiger partial charge in [0.1, 0.15) is 0 Å². The van der Waals surface area contributed by atoms with Crippen molar-refractivity contribution in [2.45, 2.75) is 70.5 Å². The van der Waals surface area contributed by atoms with E-state index in [1.165, 1.54) is 24.0 Å². The predicted octanol–water partition coefficient (Wildman–Crippen LogP) is 5.80. The van der Waals surface area contributed by atoms with Crippen LogP contribution in [0, 0.1) is 6.57 Å². The number of anilines is 1. The van der Waals surface area contributed by atoms with Gasteiger partial charge in [0.15, 0.2) is 0 Å². The topological polar surface area (TPSA) is 45.7 Å². The van der Waals surface area contributed by atoms with Crippen molar-refractivity contribution in [1.29, 1.82) is 0 Å². The van der Waals surface area contributed by atoms with E-state index >= 15 is 0 Å². The lowest BCUT2D eigenvalue weighted by molar-refractivity contribution is 0.101. The van der Waals surface area contributed by atoms with E-state index in [1.54, 1.807) is 23.7 Å². The number of hydrogen-bond donors (Lipinski definition) is 0. The zero-order chi connectivity index (χ0) is 24.7. The molecule has 2 aromatic heterocycles. The average molecular weight is 470 g/mol. The number of benzene rings is 1. The average Bonchev–Trinajstić information content (AvgIpc) is 3.75. The summed E-state index contributed by atoms with van der Waals surface area (Å²) in [5.74, 6) is 1.14. The van der Waals surface area contributed by atoms with Gasteiger partial charge >= 0.3 is 0 Å². The van der Waals surface area contributed by atoms with E-state index in [9.17, 15) is 4.79 Å². The monoisotopic (exact) mass is 469 g/mol. The molecule has 3 heterocycles. The van der Waals surface area contributed by atoms with Crippen molar-refractivity contribution in [2.24, 2.45) is 7.05 Å². The Morgan fingerprint density at radius 1 is 1.06 bits per heavy atom. The first kappa shape index (κ1) is 23.6. The molecule has 1 aliphatic heterocycles. The minimum absolute atomic E-state index is 0.0423. The second-order valence-electron chi connectivity index (χ2n) is 10.2. The SMILES string of the molecule is [C-]#[N+]c1ccc2c(n1)c(N1C[C@@H](CC)N(C(C)c3ccc(C4CC4)cc3)C[C@@H]1CC)cc(=O)n2C.